The fourth-order valence-corrected chi connectivity index (χ4v) is 3.11. The van der Waals surface area contributed by atoms with E-state index in [0.717, 1.165) is 57.7 Å². The van der Waals surface area contributed by atoms with E-state index < -0.39 is 0 Å². The highest BCUT2D eigenvalue weighted by Gasteiger charge is 2.19. The summed E-state index contributed by atoms with van der Waals surface area (Å²) in [5, 5.41) is 0. The molecule has 1 aliphatic rings. The lowest BCUT2D eigenvalue weighted by Crippen LogP contribution is -2.47. The minimum atomic E-state index is 0.166. The Bertz CT molecular complexity index is 485. The van der Waals surface area contributed by atoms with Gasteiger partial charge in [-0.15, -0.1) is 0 Å². The third-order valence-corrected chi connectivity index (χ3v) is 4.93. The number of pyridine rings is 1. The summed E-state index contributed by atoms with van der Waals surface area (Å²) < 4.78 is 5.78. The molecule has 0 unspecified atom stereocenters. The first kappa shape index (κ1) is 20.2. The third-order valence-electron chi connectivity index (χ3n) is 4.93. The molecule has 0 atom stereocenters. The molecular formula is C21H37N3O. The topological polar surface area (TPSA) is 28.6 Å². The highest BCUT2D eigenvalue weighted by atomic mass is 16.5. The lowest BCUT2D eigenvalue weighted by molar-refractivity contribution is 0.0971. The fourth-order valence-electron chi connectivity index (χ4n) is 3.11. The Kier molecular flexibility index (Phi) is 7.70. The molecule has 0 aliphatic carbocycles. The second-order valence-electron chi connectivity index (χ2n) is 8.63. The van der Waals surface area contributed by atoms with Crippen molar-refractivity contribution in [3.63, 3.8) is 0 Å². The lowest BCUT2D eigenvalue weighted by Gasteiger charge is -2.35. The molecule has 0 amide bonds. The molecule has 1 aromatic heterocycles. The van der Waals surface area contributed by atoms with Gasteiger partial charge < -0.3 is 9.64 Å². The zero-order chi connectivity index (χ0) is 18.3. The summed E-state index contributed by atoms with van der Waals surface area (Å²) in [4.78, 5) is 9.58. The number of nitrogens with zero attached hydrogens (tertiary/aromatic N) is 3. The first-order valence-electron chi connectivity index (χ1n) is 9.88. The molecule has 2 rings (SSSR count). The van der Waals surface area contributed by atoms with Crippen molar-refractivity contribution < 1.29 is 4.74 Å². The third kappa shape index (κ3) is 6.95. The van der Waals surface area contributed by atoms with E-state index in [9.17, 15) is 0 Å². The van der Waals surface area contributed by atoms with Gasteiger partial charge in [-0.3, -0.25) is 4.90 Å². The molecular weight excluding hydrogens is 310 g/mol. The molecule has 0 radical (unpaired) electrons. The molecule has 4 nitrogen and oxygen atoms in total. The quantitative estimate of drug-likeness (QED) is 0.666. The molecule has 2 heterocycles. The van der Waals surface area contributed by atoms with Crippen molar-refractivity contribution in [1.29, 1.82) is 0 Å². The van der Waals surface area contributed by atoms with Gasteiger partial charge in [-0.05, 0) is 35.8 Å². The van der Waals surface area contributed by atoms with Crippen LogP contribution in [0.5, 0.6) is 0 Å². The molecule has 1 saturated heterocycles. The smallest absolute Gasteiger partial charge is 0.128 e. The molecule has 0 saturated carbocycles. The van der Waals surface area contributed by atoms with Crippen LogP contribution in [0.4, 0.5) is 5.82 Å². The summed E-state index contributed by atoms with van der Waals surface area (Å²) in [7, 11) is 0. The highest BCUT2D eigenvalue weighted by molar-refractivity contribution is 5.41. The number of hydrogen-bond acceptors (Lipinski definition) is 4. The zero-order valence-corrected chi connectivity index (χ0v) is 16.9. The van der Waals surface area contributed by atoms with Gasteiger partial charge in [0.2, 0.25) is 0 Å². The average molecular weight is 348 g/mol. The summed E-state index contributed by atoms with van der Waals surface area (Å²) in [6.07, 6.45) is 4.48. The van der Waals surface area contributed by atoms with Gasteiger partial charge in [0.1, 0.15) is 5.82 Å². The van der Waals surface area contributed by atoms with Crippen LogP contribution in [0, 0.1) is 5.92 Å². The van der Waals surface area contributed by atoms with Crippen LogP contribution in [0.25, 0.3) is 0 Å². The van der Waals surface area contributed by atoms with E-state index in [4.69, 9.17) is 4.74 Å². The van der Waals surface area contributed by atoms with E-state index in [1.807, 2.05) is 6.20 Å². The molecule has 1 aliphatic heterocycles. The molecule has 1 aromatic rings. The van der Waals surface area contributed by atoms with Crippen LogP contribution in [-0.2, 0) is 10.2 Å². The molecule has 0 spiro atoms. The minimum Gasteiger partial charge on any atom is -0.380 e. The van der Waals surface area contributed by atoms with Crippen LogP contribution >= 0.6 is 0 Å². The maximum Gasteiger partial charge on any atom is 0.128 e. The Morgan fingerprint density at radius 1 is 1.08 bits per heavy atom. The van der Waals surface area contributed by atoms with E-state index in [2.05, 4.69) is 61.5 Å². The number of aromatic nitrogens is 1. The first-order chi connectivity index (χ1) is 11.9. The largest absolute Gasteiger partial charge is 0.380 e. The van der Waals surface area contributed by atoms with E-state index in [1.165, 1.54) is 18.4 Å². The van der Waals surface area contributed by atoms with Gasteiger partial charge in [-0.2, -0.15) is 0 Å². The van der Waals surface area contributed by atoms with E-state index in [1.54, 1.807) is 0 Å². The average Bonchev–Trinajstić information content (AvgIpc) is 2.58. The van der Waals surface area contributed by atoms with Crippen molar-refractivity contribution in [3.8, 4) is 0 Å². The minimum absolute atomic E-state index is 0.166. The Hall–Kier alpha value is -1.13. The Balaban J connectivity index is 1.66. The number of piperazine rings is 1. The second kappa shape index (κ2) is 9.54. The Morgan fingerprint density at radius 3 is 2.36 bits per heavy atom. The van der Waals surface area contributed by atoms with E-state index in [-0.39, 0.29) is 5.41 Å². The number of hydrogen-bond donors (Lipinski definition) is 0. The van der Waals surface area contributed by atoms with Gasteiger partial charge in [-0.25, -0.2) is 4.98 Å². The van der Waals surface area contributed by atoms with Crippen molar-refractivity contribution in [2.45, 2.75) is 52.9 Å². The molecule has 142 valence electrons. The molecule has 0 bridgehead atoms. The van der Waals surface area contributed by atoms with Gasteiger partial charge >= 0.3 is 0 Å². The highest BCUT2D eigenvalue weighted by Crippen LogP contribution is 2.23. The molecule has 0 N–H and O–H groups in total. The first-order valence-corrected chi connectivity index (χ1v) is 9.88. The standard InChI is InChI=1S/C21H37N3O/c1-18(2)7-6-15-25-16-14-23-10-12-24(13-11-23)20-9-8-19(17-22-20)21(3,4)5/h8-9,17-18H,6-7,10-16H2,1-5H3. The number of anilines is 1. The van der Waals surface area contributed by atoms with Gasteiger partial charge in [-0.1, -0.05) is 40.7 Å². The summed E-state index contributed by atoms with van der Waals surface area (Å²) in [5.74, 6) is 1.89. The van der Waals surface area contributed by atoms with Crippen LogP contribution in [0.2, 0.25) is 0 Å². The predicted molar refractivity (Wildman–Crippen MR) is 106 cm³/mol. The second-order valence-corrected chi connectivity index (χ2v) is 8.63. The summed E-state index contributed by atoms with van der Waals surface area (Å²) in [6, 6.07) is 4.40. The maximum atomic E-state index is 5.78. The fraction of sp³-hybridized carbons (Fsp3) is 0.762. The molecule has 4 heteroatoms. The van der Waals surface area contributed by atoms with Gasteiger partial charge in [0.25, 0.3) is 0 Å². The van der Waals surface area contributed by atoms with Crippen molar-refractivity contribution in [2.24, 2.45) is 5.92 Å². The summed E-state index contributed by atoms with van der Waals surface area (Å²) in [6.45, 7) is 18.3. The van der Waals surface area contributed by atoms with Crippen molar-refractivity contribution in [1.82, 2.24) is 9.88 Å². The Labute approximate surface area is 154 Å². The van der Waals surface area contributed by atoms with Gasteiger partial charge in [0, 0.05) is 45.5 Å². The molecule has 25 heavy (non-hydrogen) atoms. The SMILES string of the molecule is CC(C)CCCOCCN1CCN(c2ccc(C(C)(C)C)cn2)CC1. The van der Waals surface area contributed by atoms with Gasteiger partial charge in [0.05, 0.1) is 6.61 Å². The zero-order valence-electron chi connectivity index (χ0n) is 16.9. The van der Waals surface area contributed by atoms with Crippen molar-refractivity contribution >= 4 is 5.82 Å². The lowest BCUT2D eigenvalue weighted by atomic mass is 9.88. The van der Waals surface area contributed by atoms with Crippen molar-refractivity contribution in [3.05, 3.63) is 23.9 Å². The molecule has 1 fully saturated rings. The number of ether oxygens (including phenoxy) is 1. The van der Waals surface area contributed by atoms with Crippen LogP contribution in [0.15, 0.2) is 18.3 Å². The molecule has 0 aromatic carbocycles. The van der Waals surface area contributed by atoms with Crippen LogP contribution in [0.3, 0.4) is 0 Å². The van der Waals surface area contributed by atoms with Gasteiger partial charge in [0.15, 0.2) is 0 Å². The maximum absolute atomic E-state index is 5.78. The Morgan fingerprint density at radius 2 is 1.80 bits per heavy atom. The van der Waals surface area contributed by atoms with Crippen LogP contribution in [0.1, 0.15) is 53.0 Å². The van der Waals surface area contributed by atoms with E-state index >= 15 is 0 Å². The van der Waals surface area contributed by atoms with Crippen molar-refractivity contribution in [2.75, 3.05) is 50.8 Å². The summed E-state index contributed by atoms with van der Waals surface area (Å²) in [5.41, 5.74) is 1.46. The summed E-state index contributed by atoms with van der Waals surface area (Å²) >= 11 is 0. The normalized spacial score (nSPS) is 16.6. The monoisotopic (exact) mass is 347 g/mol. The van der Waals surface area contributed by atoms with E-state index in [0.29, 0.717) is 0 Å². The van der Waals surface area contributed by atoms with Crippen LogP contribution < -0.4 is 4.90 Å². The van der Waals surface area contributed by atoms with Crippen LogP contribution in [-0.4, -0.2) is 55.8 Å². The predicted octanol–water partition coefficient (Wildman–Crippen LogP) is 3.95. The number of rotatable bonds is 8.